The highest BCUT2D eigenvalue weighted by Gasteiger charge is 2.51. The number of hydrogen-bond acceptors (Lipinski definition) is 3. The standard InChI is InChI=1S/C19H14BrF4N3O2/c20-11-1-2-12-13(6-11)18(3-4-18)9-27(17(12)29)8-15(28)26-16-14(21)5-10(7-25-16)19(22,23)24/h1-2,5-7H,3-4,8-9H2,(H,25,26,28). The van der Waals surface area contributed by atoms with Crippen LogP contribution in [0.5, 0.6) is 0 Å². The van der Waals surface area contributed by atoms with Crippen molar-refractivity contribution in [3.8, 4) is 0 Å². The molecule has 0 radical (unpaired) electrons. The number of fused-ring (bicyclic) bond motifs is 2. The Morgan fingerprint density at radius 3 is 2.62 bits per heavy atom. The molecule has 2 heterocycles. The van der Waals surface area contributed by atoms with E-state index in [1.54, 1.807) is 12.1 Å². The lowest BCUT2D eigenvalue weighted by molar-refractivity contribution is -0.138. The summed E-state index contributed by atoms with van der Waals surface area (Å²) in [6, 6.07) is 5.63. The van der Waals surface area contributed by atoms with Crippen LogP contribution in [0.25, 0.3) is 0 Å². The van der Waals surface area contributed by atoms with Gasteiger partial charge in [-0.15, -0.1) is 0 Å². The first-order valence-electron chi connectivity index (χ1n) is 8.71. The SMILES string of the molecule is O=C(CN1CC2(CC2)c2cc(Br)ccc2C1=O)Nc1ncc(C(F)(F)F)cc1F. The van der Waals surface area contributed by atoms with Crippen molar-refractivity contribution >= 4 is 33.6 Å². The first kappa shape index (κ1) is 19.8. The highest BCUT2D eigenvalue weighted by atomic mass is 79.9. The molecule has 1 fully saturated rings. The molecular weight excluding hydrogens is 458 g/mol. The molecule has 2 amide bonds. The van der Waals surface area contributed by atoms with E-state index in [-0.39, 0.29) is 23.9 Å². The van der Waals surface area contributed by atoms with Crippen molar-refractivity contribution in [3.63, 3.8) is 0 Å². The van der Waals surface area contributed by atoms with Crippen LogP contribution in [0, 0.1) is 5.82 Å². The Balaban J connectivity index is 1.50. The molecule has 4 rings (SSSR count). The van der Waals surface area contributed by atoms with Gasteiger partial charge in [-0.2, -0.15) is 13.2 Å². The molecule has 0 atom stereocenters. The summed E-state index contributed by atoms with van der Waals surface area (Å²) in [5, 5.41) is 2.14. The average Bonchev–Trinajstić information content (AvgIpc) is 3.41. The Bertz CT molecular complexity index is 1020. The van der Waals surface area contributed by atoms with Gasteiger partial charge in [0.25, 0.3) is 5.91 Å². The quantitative estimate of drug-likeness (QED) is 0.684. The smallest absolute Gasteiger partial charge is 0.328 e. The average molecular weight is 472 g/mol. The highest BCUT2D eigenvalue weighted by molar-refractivity contribution is 9.10. The molecule has 1 spiro atoms. The van der Waals surface area contributed by atoms with Gasteiger partial charge in [0.1, 0.15) is 6.54 Å². The number of benzene rings is 1. The van der Waals surface area contributed by atoms with Crippen molar-refractivity contribution in [1.82, 2.24) is 9.88 Å². The van der Waals surface area contributed by atoms with Crippen molar-refractivity contribution in [2.24, 2.45) is 0 Å². The van der Waals surface area contributed by atoms with Crippen LogP contribution in [0.3, 0.4) is 0 Å². The largest absolute Gasteiger partial charge is 0.417 e. The summed E-state index contributed by atoms with van der Waals surface area (Å²) in [5.74, 6) is -2.97. The van der Waals surface area contributed by atoms with Crippen LogP contribution < -0.4 is 5.32 Å². The third-order valence-corrected chi connectivity index (χ3v) is 5.67. The molecule has 1 aromatic heterocycles. The predicted octanol–water partition coefficient (Wildman–Crippen LogP) is 4.13. The van der Waals surface area contributed by atoms with Crippen LogP contribution in [0.4, 0.5) is 23.4 Å². The summed E-state index contributed by atoms with van der Waals surface area (Å²) in [7, 11) is 0. The number of nitrogens with zero attached hydrogens (tertiary/aromatic N) is 2. The van der Waals surface area contributed by atoms with Crippen LogP contribution in [-0.2, 0) is 16.4 Å². The fourth-order valence-corrected chi connectivity index (χ4v) is 3.93. The minimum atomic E-state index is -4.74. The van der Waals surface area contributed by atoms with Crippen molar-refractivity contribution in [2.75, 3.05) is 18.4 Å². The molecule has 2 aliphatic rings. The number of rotatable bonds is 3. The Labute approximate surface area is 171 Å². The van der Waals surface area contributed by atoms with E-state index in [9.17, 15) is 27.2 Å². The van der Waals surface area contributed by atoms with Crippen molar-refractivity contribution in [2.45, 2.75) is 24.4 Å². The summed E-state index contributed by atoms with van der Waals surface area (Å²) >= 11 is 3.40. The van der Waals surface area contributed by atoms with Crippen LogP contribution in [0.1, 0.15) is 34.3 Å². The van der Waals surface area contributed by atoms with Gasteiger partial charge in [-0.05, 0) is 42.7 Å². The molecule has 152 valence electrons. The molecule has 0 saturated heterocycles. The number of amides is 2. The lowest BCUT2D eigenvalue weighted by Gasteiger charge is -2.34. The second-order valence-corrected chi connectivity index (χ2v) is 8.15. The number of alkyl halides is 3. The summed E-state index contributed by atoms with van der Waals surface area (Å²) in [6.45, 7) is 0.00383. The lowest BCUT2D eigenvalue weighted by Crippen LogP contribution is -2.46. The van der Waals surface area contributed by atoms with Gasteiger partial charge < -0.3 is 10.2 Å². The van der Waals surface area contributed by atoms with E-state index in [1.165, 1.54) is 4.90 Å². The lowest BCUT2D eigenvalue weighted by atomic mass is 9.86. The zero-order valence-electron chi connectivity index (χ0n) is 14.8. The maximum absolute atomic E-state index is 13.9. The number of carbonyl (C=O) groups is 2. The van der Waals surface area contributed by atoms with E-state index in [1.807, 2.05) is 6.07 Å². The molecule has 1 aromatic carbocycles. The predicted molar refractivity (Wildman–Crippen MR) is 98.8 cm³/mol. The highest BCUT2D eigenvalue weighted by Crippen LogP contribution is 2.52. The number of pyridine rings is 1. The van der Waals surface area contributed by atoms with Crippen LogP contribution >= 0.6 is 15.9 Å². The number of carbonyl (C=O) groups excluding carboxylic acids is 2. The van der Waals surface area contributed by atoms with Crippen molar-refractivity contribution < 1.29 is 27.2 Å². The van der Waals surface area contributed by atoms with Gasteiger partial charge in [0.2, 0.25) is 5.91 Å². The Morgan fingerprint density at radius 1 is 1.28 bits per heavy atom. The van der Waals surface area contributed by atoms with Gasteiger partial charge in [0.15, 0.2) is 11.6 Å². The maximum Gasteiger partial charge on any atom is 0.417 e. The van der Waals surface area contributed by atoms with Crippen molar-refractivity contribution in [1.29, 1.82) is 0 Å². The van der Waals surface area contributed by atoms with E-state index >= 15 is 0 Å². The summed E-state index contributed by atoms with van der Waals surface area (Å²) in [6.07, 6.45) is -2.52. The van der Waals surface area contributed by atoms with Crippen LogP contribution in [0.2, 0.25) is 0 Å². The van der Waals surface area contributed by atoms with Gasteiger partial charge in [-0.25, -0.2) is 9.37 Å². The Kier molecular flexibility index (Phi) is 4.64. The molecule has 2 aromatic rings. The zero-order valence-corrected chi connectivity index (χ0v) is 16.4. The van der Waals surface area contributed by atoms with Gasteiger partial charge >= 0.3 is 6.18 Å². The molecule has 1 N–H and O–H groups in total. The second-order valence-electron chi connectivity index (χ2n) is 7.23. The van der Waals surface area contributed by atoms with E-state index in [0.717, 1.165) is 22.9 Å². The van der Waals surface area contributed by atoms with Crippen LogP contribution in [0.15, 0.2) is 34.9 Å². The van der Waals surface area contributed by atoms with Gasteiger partial charge in [-0.3, -0.25) is 9.59 Å². The third-order valence-electron chi connectivity index (χ3n) is 5.18. The number of aromatic nitrogens is 1. The third kappa shape index (κ3) is 3.73. The van der Waals surface area contributed by atoms with E-state index in [4.69, 9.17) is 0 Å². The molecule has 29 heavy (non-hydrogen) atoms. The fraction of sp³-hybridized carbons (Fsp3) is 0.316. The minimum absolute atomic E-state index is 0.189. The molecule has 1 saturated carbocycles. The van der Waals surface area contributed by atoms with Gasteiger partial charge in [0.05, 0.1) is 5.56 Å². The molecule has 0 bridgehead atoms. The number of anilines is 1. The molecule has 1 aliphatic heterocycles. The molecular formula is C19H14BrF4N3O2. The normalized spacial score (nSPS) is 17.3. The monoisotopic (exact) mass is 471 g/mol. The minimum Gasteiger partial charge on any atom is -0.328 e. The number of hydrogen-bond donors (Lipinski definition) is 1. The molecule has 1 aliphatic carbocycles. The molecule has 0 unspecified atom stereocenters. The van der Waals surface area contributed by atoms with Gasteiger partial charge in [0, 0.05) is 28.2 Å². The zero-order chi connectivity index (χ0) is 21.0. The van der Waals surface area contributed by atoms with Gasteiger partial charge in [-0.1, -0.05) is 15.9 Å². The van der Waals surface area contributed by atoms with E-state index < -0.39 is 29.3 Å². The molecule has 10 heteroatoms. The Morgan fingerprint density at radius 2 is 2.00 bits per heavy atom. The summed E-state index contributed by atoms with van der Waals surface area (Å²) < 4.78 is 52.6. The first-order valence-corrected chi connectivity index (χ1v) is 9.50. The summed E-state index contributed by atoms with van der Waals surface area (Å²) in [4.78, 5) is 29.8. The van der Waals surface area contributed by atoms with Crippen LogP contribution in [-0.4, -0.2) is 34.8 Å². The molecule has 5 nitrogen and oxygen atoms in total. The maximum atomic E-state index is 13.9. The topological polar surface area (TPSA) is 62.3 Å². The Hall–Kier alpha value is -2.49. The number of nitrogens with one attached hydrogen (secondary N) is 1. The second kappa shape index (κ2) is 6.79. The van der Waals surface area contributed by atoms with E-state index in [2.05, 4.69) is 26.2 Å². The number of halogens is 5. The van der Waals surface area contributed by atoms with E-state index in [0.29, 0.717) is 18.3 Å². The summed E-state index contributed by atoms with van der Waals surface area (Å²) in [5.41, 5.74) is 0.0238. The van der Waals surface area contributed by atoms with Crippen molar-refractivity contribution in [3.05, 3.63) is 57.4 Å². The first-order chi connectivity index (χ1) is 13.6. The fourth-order valence-electron chi connectivity index (χ4n) is 3.57.